The Morgan fingerprint density at radius 2 is 1.68 bits per heavy atom. The number of aromatic amines is 1. The normalized spacial score (nSPS) is 30.8. The molecule has 0 spiro atoms. The number of nitrogens with zero attached hydrogens (tertiary/aromatic N) is 5. The maximum atomic E-state index is 11.6. The molecule has 0 aromatic carbocycles. The molecule has 0 saturated carbocycles. The van der Waals surface area contributed by atoms with Crippen LogP contribution in [0, 0.1) is 0 Å². The molecule has 2 fully saturated rings. The van der Waals surface area contributed by atoms with Crippen molar-refractivity contribution in [3.8, 4) is 0 Å². The molecule has 2 saturated heterocycles. The van der Waals surface area contributed by atoms with E-state index in [0.717, 1.165) is 10.6 Å². The summed E-state index contributed by atoms with van der Waals surface area (Å²) in [5.74, 6) is 0.556. The topological polar surface area (TPSA) is 239 Å². The summed E-state index contributed by atoms with van der Waals surface area (Å²) < 4.78 is 18.5. The molecule has 8 atom stereocenters. The Labute approximate surface area is 213 Å². The molecule has 5 rings (SSSR count). The van der Waals surface area contributed by atoms with Gasteiger partial charge >= 0.3 is 5.69 Å². The van der Waals surface area contributed by atoms with Gasteiger partial charge in [-0.3, -0.25) is 18.9 Å². The van der Waals surface area contributed by atoms with Crippen molar-refractivity contribution < 1.29 is 39.7 Å². The van der Waals surface area contributed by atoms with E-state index in [2.05, 4.69) is 25.3 Å². The van der Waals surface area contributed by atoms with E-state index in [9.17, 15) is 24.9 Å². The minimum Gasteiger partial charge on any atom is -0.394 e. The zero-order chi connectivity index (χ0) is 27.6. The maximum absolute atomic E-state index is 11.6. The number of aliphatic hydroxyl groups is 5. The lowest BCUT2D eigenvalue weighted by atomic mass is 10.1. The predicted molar refractivity (Wildman–Crippen MR) is 127 cm³/mol. The van der Waals surface area contributed by atoms with E-state index in [1.165, 1.54) is 30.5 Å². The molecule has 3 aromatic rings. The molecule has 5 heterocycles. The number of aromatic nitrogens is 6. The number of methoxy groups -OCH3 is 1. The number of fused-ring (bicyclic) bond motifs is 1. The van der Waals surface area contributed by atoms with Crippen LogP contribution in [0.15, 0.2) is 34.5 Å². The molecule has 0 unspecified atom stereocenters. The minimum atomic E-state index is -1.17. The minimum absolute atomic E-state index is 0.377. The number of hydrogen-bond acceptors (Lipinski definition) is 14. The number of hydrogen-bond donors (Lipinski definition) is 7. The quantitative estimate of drug-likeness (QED) is 0.159. The Bertz CT molecular complexity index is 1350. The monoisotopic (exact) mass is 539 g/mol. The fourth-order valence-electron chi connectivity index (χ4n) is 4.31. The van der Waals surface area contributed by atoms with Gasteiger partial charge in [-0.05, 0) is 0 Å². The fraction of sp³-hybridized carbons (Fsp3) is 0.571. The van der Waals surface area contributed by atoms with E-state index in [1.54, 1.807) is 7.05 Å². The zero-order valence-corrected chi connectivity index (χ0v) is 20.4. The van der Waals surface area contributed by atoms with Crippen LogP contribution in [0.5, 0.6) is 0 Å². The molecule has 208 valence electrons. The molecule has 0 aliphatic carbocycles. The first-order valence-corrected chi connectivity index (χ1v) is 11.5. The van der Waals surface area contributed by atoms with Gasteiger partial charge in [-0.15, -0.1) is 0 Å². The van der Waals surface area contributed by atoms with Gasteiger partial charge in [0.15, 0.2) is 23.9 Å². The molecular formula is C21H29N7O10. The lowest BCUT2D eigenvalue weighted by Crippen LogP contribution is -2.38. The lowest BCUT2D eigenvalue weighted by Gasteiger charge is -2.19. The largest absolute Gasteiger partial charge is 0.394 e. The molecule has 17 nitrogen and oxygen atoms in total. The number of anilines is 1. The Morgan fingerprint density at radius 3 is 2.29 bits per heavy atom. The lowest BCUT2D eigenvalue weighted by molar-refractivity contribution is -0.0625. The van der Waals surface area contributed by atoms with Crippen molar-refractivity contribution in [1.82, 2.24) is 29.1 Å². The van der Waals surface area contributed by atoms with Gasteiger partial charge in [0.2, 0.25) is 0 Å². The highest BCUT2D eigenvalue weighted by Gasteiger charge is 2.45. The van der Waals surface area contributed by atoms with E-state index < -0.39 is 66.9 Å². The number of imidazole rings is 1. The van der Waals surface area contributed by atoms with E-state index in [0.29, 0.717) is 17.0 Å². The van der Waals surface area contributed by atoms with Crippen LogP contribution in [0.4, 0.5) is 5.82 Å². The first-order chi connectivity index (χ1) is 18.2. The van der Waals surface area contributed by atoms with Crippen LogP contribution in [0.25, 0.3) is 11.2 Å². The van der Waals surface area contributed by atoms with Crippen LogP contribution >= 0.6 is 0 Å². The number of aliphatic hydroxyl groups excluding tert-OH is 5. The molecule has 2 aliphatic heterocycles. The van der Waals surface area contributed by atoms with Crippen LogP contribution in [0.1, 0.15) is 12.5 Å². The smallest absolute Gasteiger partial charge is 0.330 e. The number of rotatable bonds is 6. The van der Waals surface area contributed by atoms with Crippen molar-refractivity contribution in [2.45, 2.75) is 49.1 Å². The summed E-state index contributed by atoms with van der Waals surface area (Å²) in [5.41, 5.74) is -0.185. The third-order valence-corrected chi connectivity index (χ3v) is 6.28. The van der Waals surface area contributed by atoms with Crippen molar-refractivity contribution in [3.63, 3.8) is 0 Å². The summed E-state index contributed by atoms with van der Waals surface area (Å²) in [5, 5.41) is 50.7. The van der Waals surface area contributed by atoms with E-state index in [4.69, 9.17) is 24.4 Å². The van der Waals surface area contributed by atoms with Crippen molar-refractivity contribution >= 4 is 17.0 Å². The maximum Gasteiger partial charge on any atom is 0.330 e. The van der Waals surface area contributed by atoms with Gasteiger partial charge in [0, 0.05) is 26.4 Å². The van der Waals surface area contributed by atoms with E-state index in [-0.39, 0.29) is 6.61 Å². The summed E-state index contributed by atoms with van der Waals surface area (Å²) >= 11 is 0. The highest BCUT2D eigenvalue weighted by molar-refractivity contribution is 5.82. The second-order valence-corrected chi connectivity index (χ2v) is 8.48. The number of nitrogens with one attached hydrogen (secondary N) is 2. The standard InChI is InChI=1S/C11H15N5O4.C10H14N2O6/c1-12-9-6-10(14-3-13-9)16(4-15-6)11-8(19)7(18)5(2-17)20-11;1-17-8-7(15)5(4-13)18-9(8)12-3-2-6(14)11-10(12)16/h3-5,7-8,11,17-19H,2H2,1H3,(H,12,13,14);2-3,5,7-9,13,15H,4H2,1H3,(H,11,14,16)/t5-,7-,8-,11-;5-,7-,8-,9-/m11/s1. The molecule has 0 bridgehead atoms. The molecule has 2 aliphatic rings. The molecule has 3 aromatic heterocycles. The van der Waals surface area contributed by atoms with Gasteiger partial charge in [0.05, 0.1) is 19.5 Å². The molecule has 0 amide bonds. The van der Waals surface area contributed by atoms with Crippen LogP contribution in [0.2, 0.25) is 0 Å². The highest BCUT2D eigenvalue weighted by atomic mass is 16.6. The van der Waals surface area contributed by atoms with Gasteiger partial charge in [0.25, 0.3) is 5.56 Å². The molecule has 0 radical (unpaired) electrons. The van der Waals surface area contributed by atoms with Crippen molar-refractivity contribution in [2.75, 3.05) is 32.7 Å². The van der Waals surface area contributed by atoms with E-state index >= 15 is 0 Å². The first-order valence-electron chi connectivity index (χ1n) is 11.5. The van der Waals surface area contributed by atoms with Gasteiger partial charge in [-0.1, -0.05) is 0 Å². The predicted octanol–water partition coefficient (Wildman–Crippen LogP) is -3.72. The second-order valence-electron chi connectivity index (χ2n) is 8.48. The van der Waals surface area contributed by atoms with Gasteiger partial charge in [-0.25, -0.2) is 19.7 Å². The molecule has 7 N–H and O–H groups in total. The highest BCUT2D eigenvalue weighted by Crippen LogP contribution is 2.32. The van der Waals surface area contributed by atoms with E-state index in [1.807, 2.05) is 0 Å². The third kappa shape index (κ3) is 5.05. The summed E-state index contributed by atoms with van der Waals surface area (Å²) in [6.45, 7) is -0.770. The SMILES string of the molecule is CNc1ncnc2c1ncn2[C@@H]1O[C@H](CO)[C@@H](O)[C@H]1O.CO[C@@H]1[C@H](O)[C@@H](CO)O[C@H]1n1ccc(=O)[nH]c1=O. The fourth-order valence-corrected chi connectivity index (χ4v) is 4.31. The summed E-state index contributed by atoms with van der Waals surface area (Å²) in [4.78, 5) is 37.0. The first kappa shape index (κ1) is 27.7. The summed E-state index contributed by atoms with van der Waals surface area (Å²) in [6, 6.07) is 1.16. The third-order valence-electron chi connectivity index (χ3n) is 6.28. The molecular weight excluding hydrogens is 510 g/mol. The van der Waals surface area contributed by atoms with Crippen molar-refractivity contribution in [1.29, 1.82) is 0 Å². The average Bonchev–Trinajstić information content (AvgIpc) is 3.57. The summed E-state index contributed by atoms with van der Waals surface area (Å²) in [7, 11) is 3.08. The number of H-pyrrole nitrogens is 1. The van der Waals surface area contributed by atoms with Crippen molar-refractivity contribution in [2.24, 2.45) is 0 Å². The Hall–Kier alpha value is -3.29. The van der Waals surface area contributed by atoms with Crippen molar-refractivity contribution in [3.05, 3.63) is 45.8 Å². The van der Waals surface area contributed by atoms with Crippen LogP contribution < -0.4 is 16.6 Å². The zero-order valence-electron chi connectivity index (χ0n) is 20.4. The Kier molecular flexibility index (Phi) is 8.48. The Balaban J connectivity index is 0.000000178. The molecule has 38 heavy (non-hydrogen) atoms. The molecule has 17 heteroatoms. The Morgan fingerprint density at radius 1 is 1.00 bits per heavy atom. The number of ether oxygens (including phenoxy) is 3. The second kappa shape index (κ2) is 11.6. The van der Waals surface area contributed by atoms with Gasteiger partial charge in [-0.2, -0.15) is 0 Å². The van der Waals surface area contributed by atoms with Crippen LogP contribution in [-0.2, 0) is 14.2 Å². The summed E-state index contributed by atoms with van der Waals surface area (Å²) in [6.07, 6.45) is -3.52. The van der Waals surface area contributed by atoms with Crippen LogP contribution in [0.3, 0.4) is 0 Å². The van der Waals surface area contributed by atoms with Crippen LogP contribution in [-0.4, -0.2) is 119 Å². The van der Waals surface area contributed by atoms with Gasteiger partial charge in [0.1, 0.15) is 48.5 Å². The average molecular weight is 540 g/mol. The van der Waals surface area contributed by atoms with Gasteiger partial charge < -0.3 is 45.1 Å².